The summed E-state index contributed by atoms with van der Waals surface area (Å²) in [6.07, 6.45) is 3.28. The van der Waals surface area contributed by atoms with Crippen LogP contribution in [0.3, 0.4) is 0 Å². The number of rotatable bonds is 1. The Hall–Kier alpha value is -2.11. The van der Waals surface area contributed by atoms with E-state index >= 15 is 0 Å². The molecule has 1 fully saturated rings. The molecule has 1 aliphatic heterocycles. The van der Waals surface area contributed by atoms with Gasteiger partial charge in [0.15, 0.2) is 5.65 Å². The van der Waals surface area contributed by atoms with Gasteiger partial charge < -0.3 is 9.88 Å². The van der Waals surface area contributed by atoms with Gasteiger partial charge >= 0.3 is 5.69 Å². The summed E-state index contributed by atoms with van der Waals surface area (Å²) in [6.45, 7) is 2.98. The highest BCUT2D eigenvalue weighted by Gasteiger charge is 2.24. The summed E-state index contributed by atoms with van der Waals surface area (Å²) in [5.41, 5.74) is 1.35. The number of hydrogen-bond acceptors (Lipinski definition) is 3. The van der Waals surface area contributed by atoms with E-state index in [1.165, 1.54) is 0 Å². The number of nitrogens with one attached hydrogen (secondary N) is 1. The van der Waals surface area contributed by atoms with Crippen LogP contribution in [0.4, 0.5) is 0 Å². The van der Waals surface area contributed by atoms with Gasteiger partial charge in [-0.3, -0.25) is 9.36 Å². The van der Waals surface area contributed by atoms with Crippen LogP contribution in [0, 0.1) is 0 Å². The zero-order chi connectivity index (χ0) is 13.4. The first kappa shape index (κ1) is 12.0. The van der Waals surface area contributed by atoms with Gasteiger partial charge in [0, 0.05) is 32.3 Å². The Bertz CT molecular complexity index is 665. The monoisotopic (exact) mass is 260 g/mol. The fraction of sp³-hybridized carbons (Fsp3) is 0.462. The summed E-state index contributed by atoms with van der Waals surface area (Å²) >= 11 is 0. The molecule has 100 valence electrons. The van der Waals surface area contributed by atoms with Crippen LogP contribution in [0.2, 0.25) is 0 Å². The fourth-order valence-electron chi connectivity index (χ4n) is 2.74. The molecule has 0 aromatic carbocycles. The van der Waals surface area contributed by atoms with Crippen molar-refractivity contribution in [3.63, 3.8) is 0 Å². The Morgan fingerprint density at radius 1 is 1.42 bits per heavy atom. The predicted molar refractivity (Wildman–Crippen MR) is 70.9 cm³/mol. The fourth-order valence-corrected chi connectivity index (χ4v) is 2.74. The van der Waals surface area contributed by atoms with E-state index in [1.54, 1.807) is 23.8 Å². The maximum Gasteiger partial charge on any atom is 0.327 e. The number of H-pyrrole nitrogens is 1. The number of fused-ring (bicyclic) bond motifs is 1. The third-order valence-corrected chi connectivity index (χ3v) is 3.75. The smallest absolute Gasteiger partial charge is 0.327 e. The number of pyridine rings is 1. The number of hydrogen-bond donors (Lipinski definition) is 1. The number of aromatic amines is 1. The average molecular weight is 260 g/mol. The zero-order valence-corrected chi connectivity index (χ0v) is 10.8. The Balaban J connectivity index is 1.92. The van der Waals surface area contributed by atoms with Crippen molar-refractivity contribution in [2.45, 2.75) is 25.8 Å². The quantitative estimate of drug-likeness (QED) is 0.828. The lowest BCUT2D eigenvalue weighted by molar-refractivity contribution is -0.130. The first-order valence-corrected chi connectivity index (χ1v) is 6.47. The second kappa shape index (κ2) is 4.53. The molecular formula is C13H16N4O2. The average Bonchev–Trinajstić information content (AvgIpc) is 2.74. The molecule has 19 heavy (non-hydrogen) atoms. The van der Waals surface area contributed by atoms with Crippen LogP contribution in [0.15, 0.2) is 23.1 Å². The van der Waals surface area contributed by atoms with Crippen molar-refractivity contribution in [1.82, 2.24) is 19.4 Å². The topological polar surface area (TPSA) is 71.0 Å². The van der Waals surface area contributed by atoms with Gasteiger partial charge in [0.1, 0.15) is 0 Å². The first-order valence-electron chi connectivity index (χ1n) is 6.47. The number of amides is 1. The van der Waals surface area contributed by atoms with Crippen LogP contribution >= 0.6 is 0 Å². The lowest BCUT2D eigenvalue weighted by Gasteiger charge is -2.31. The van der Waals surface area contributed by atoms with Gasteiger partial charge in [-0.1, -0.05) is 0 Å². The number of aromatic nitrogens is 3. The minimum atomic E-state index is -0.116. The highest BCUT2D eigenvalue weighted by molar-refractivity contribution is 5.73. The molecule has 1 saturated heterocycles. The summed E-state index contributed by atoms with van der Waals surface area (Å²) in [4.78, 5) is 32.3. The van der Waals surface area contributed by atoms with Crippen LogP contribution in [0.1, 0.15) is 25.8 Å². The molecule has 6 nitrogen and oxygen atoms in total. The number of carbonyl (C=O) groups is 1. The minimum Gasteiger partial charge on any atom is -0.343 e. The van der Waals surface area contributed by atoms with E-state index in [0.29, 0.717) is 18.7 Å². The molecule has 0 aliphatic carbocycles. The number of likely N-dealkylation sites (tertiary alicyclic amines) is 1. The van der Waals surface area contributed by atoms with Gasteiger partial charge in [0.25, 0.3) is 0 Å². The summed E-state index contributed by atoms with van der Waals surface area (Å²) < 4.78 is 1.73. The van der Waals surface area contributed by atoms with Gasteiger partial charge in [-0.05, 0) is 25.0 Å². The third kappa shape index (κ3) is 2.03. The predicted octanol–water partition coefficient (Wildman–Crippen LogP) is 0.908. The van der Waals surface area contributed by atoms with Gasteiger partial charge in [0.05, 0.1) is 5.52 Å². The molecule has 0 atom stereocenters. The molecule has 0 saturated carbocycles. The summed E-state index contributed by atoms with van der Waals surface area (Å²) in [5, 5.41) is 0. The second-order valence-corrected chi connectivity index (χ2v) is 4.91. The molecule has 0 radical (unpaired) electrons. The van der Waals surface area contributed by atoms with Crippen molar-refractivity contribution in [2.75, 3.05) is 13.1 Å². The normalized spacial score (nSPS) is 17.0. The molecule has 6 heteroatoms. The maximum atomic E-state index is 12.0. The molecular weight excluding hydrogens is 244 g/mol. The Morgan fingerprint density at radius 2 is 2.16 bits per heavy atom. The Kier molecular flexibility index (Phi) is 2.85. The molecule has 2 aromatic rings. The van der Waals surface area contributed by atoms with Crippen LogP contribution in [-0.2, 0) is 4.79 Å². The van der Waals surface area contributed by atoms with Crippen molar-refractivity contribution in [3.05, 3.63) is 28.8 Å². The van der Waals surface area contributed by atoms with E-state index in [9.17, 15) is 9.59 Å². The lowest BCUT2D eigenvalue weighted by atomic mass is 10.0. The third-order valence-electron chi connectivity index (χ3n) is 3.75. The van der Waals surface area contributed by atoms with Gasteiger partial charge in [-0.2, -0.15) is 0 Å². The largest absolute Gasteiger partial charge is 0.343 e. The molecule has 0 spiro atoms. The van der Waals surface area contributed by atoms with Crippen LogP contribution in [-0.4, -0.2) is 38.4 Å². The standard InChI is InChI=1S/C13H16N4O2/c1-9(18)16-7-4-10(5-8-16)17-12-11(15-13(17)19)3-2-6-14-12/h2-3,6,10H,4-5,7-8H2,1H3,(H,15,19). The van der Waals surface area contributed by atoms with Crippen LogP contribution in [0.25, 0.3) is 11.2 Å². The molecule has 1 aliphatic rings. The highest BCUT2D eigenvalue weighted by Crippen LogP contribution is 2.23. The first-order chi connectivity index (χ1) is 9.16. The maximum absolute atomic E-state index is 12.0. The summed E-state index contributed by atoms with van der Waals surface area (Å²) in [5.74, 6) is 0.0999. The van der Waals surface area contributed by atoms with E-state index in [2.05, 4.69) is 9.97 Å². The van der Waals surface area contributed by atoms with E-state index in [-0.39, 0.29) is 17.6 Å². The summed E-state index contributed by atoms with van der Waals surface area (Å²) in [7, 11) is 0. The van der Waals surface area contributed by atoms with Crippen molar-refractivity contribution < 1.29 is 4.79 Å². The van der Waals surface area contributed by atoms with Crippen molar-refractivity contribution in [2.24, 2.45) is 0 Å². The zero-order valence-electron chi connectivity index (χ0n) is 10.8. The van der Waals surface area contributed by atoms with Crippen molar-refractivity contribution in [3.8, 4) is 0 Å². The summed E-state index contributed by atoms with van der Waals surface area (Å²) in [6, 6.07) is 3.78. The van der Waals surface area contributed by atoms with E-state index < -0.39 is 0 Å². The van der Waals surface area contributed by atoms with E-state index in [4.69, 9.17) is 0 Å². The minimum absolute atomic E-state index is 0.0999. The van der Waals surface area contributed by atoms with Crippen molar-refractivity contribution >= 4 is 17.1 Å². The molecule has 3 rings (SSSR count). The number of nitrogens with zero attached hydrogens (tertiary/aromatic N) is 3. The lowest BCUT2D eigenvalue weighted by Crippen LogP contribution is -2.39. The van der Waals surface area contributed by atoms with Gasteiger partial charge in [0.2, 0.25) is 5.91 Å². The number of imidazole rings is 1. The second-order valence-electron chi connectivity index (χ2n) is 4.91. The van der Waals surface area contributed by atoms with Gasteiger partial charge in [-0.15, -0.1) is 0 Å². The highest BCUT2D eigenvalue weighted by atomic mass is 16.2. The van der Waals surface area contributed by atoms with E-state index in [0.717, 1.165) is 18.4 Å². The van der Waals surface area contributed by atoms with E-state index in [1.807, 2.05) is 11.0 Å². The molecule has 0 unspecified atom stereocenters. The molecule has 3 heterocycles. The SMILES string of the molecule is CC(=O)N1CCC(n2c(=O)[nH]c3cccnc32)CC1. The Labute approximate surface area is 110 Å². The molecule has 2 aromatic heterocycles. The van der Waals surface area contributed by atoms with Crippen LogP contribution < -0.4 is 5.69 Å². The Morgan fingerprint density at radius 3 is 2.84 bits per heavy atom. The number of piperidine rings is 1. The molecule has 1 amide bonds. The van der Waals surface area contributed by atoms with Gasteiger partial charge in [-0.25, -0.2) is 9.78 Å². The number of carbonyl (C=O) groups excluding carboxylic acids is 1. The molecule has 0 bridgehead atoms. The van der Waals surface area contributed by atoms with Crippen LogP contribution in [0.5, 0.6) is 0 Å². The molecule has 1 N–H and O–H groups in total. The van der Waals surface area contributed by atoms with Crippen molar-refractivity contribution in [1.29, 1.82) is 0 Å².